The predicted molar refractivity (Wildman–Crippen MR) is 81.6 cm³/mol. The molecular weight excluding hydrogens is 405 g/mol. The Morgan fingerprint density at radius 3 is 2.19 bits per heavy atom. The molecule has 0 heterocycles. The van der Waals surface area contributed by atoms with Gasteiger partial charge in [-0.25, -0.2) is 17.6 Å². The van der Waals surface area contributed by atoms with E-state index in [1.165, 1.54) is 13.8 Å². The van der Waals surface area contributed by atoms with Crippen LogP contribution < -0.4 is 0 Å². The molecule has 0 radical (unpaired) electrons. The molecule has 2 rings (SSSR count). The van der Waals surface area contributed by atoms with Crippen LogP contribution in [-0.4, -0.2) is 12.1 Å². The van der Waals surface area contributed by atoms with Crippen molar-refractivity contribution in [3.63, 3.8) is 0 Å². The van der Waals surface area contributed by atoms with Crippen LogP contribution >= 0.6 is 11.6 Å². The van der Waals surface area contributed by atoms with E-state index in [1.54, 1.807) is 0 Å². The van der Waals surface area contributed by atoms with Gasteiger partial charge in [-0.2, -0.15) is 13.2 Å². The van der Waals surface area contributed by atoms with Gasteiger partial charge in [-0.05, 0) is 18.2 Å². The molecule has 0 aliphatic heterocycles. The Morgan fingerprint density at radius 1 is 1.22 bits per heavy atom. The van der Waals surface area contributed by atoms with Crippen LogP contribution in [0, 0.1) is 47.4 Å². The summed E-state index contributed by atoms with van der Waals surface area (Å²) in [6.07, 6.45) is -4.43. The zero-order valence-electron chi connectivity index (χ0n) is 18.6. The van der Waals surface area contributed by atoms with Gasteiger partial charge in [0.1, 0.15) is 11.6 Å². The van der Waals surface area contributed by atoms with Gasteiger partial charge >= 0.3 is 12.1 Å². The average Bonchev–Trinajstić information content (AvgIpc) is 3.11. The molecule has 27 heavy (non-hydrogen) atoms. The van der Waals surface area contributed by atoms with Crippen LogP contribution in [0.25, 0.3) is 0 Å². The number of esters is 1. The molecule has 0 amide bonds. The number of benzene rings is 1. The lowest BCUT2D eigenvalue weighted by molar-refractivity contribution is -0.147. The zero-order chi connectivity index (χ0) is 25.2. The highest BCUT2D eigenvalue weighted by Gasteiger charge is 2.62. The molecule has 150 valence electrons. The molecule has 0 saturated heterocycles. The molecule has 2 atom stereocenters. The van der Waals surface area contributed by atoms with E-state index >= 15 is 0 Å². The van der Waals surface area contributed by atoms with Gasteiger partial charge in [-0.3, -0.25) is 4.79 Å². The standard InChI is InChI=1S/C17H14ClF7O2/c1-6-11(19)13(21)7(14(22)12(6)20)5-27-15(26)10-8(16(10,2)3)4-9(18)17(23,24)25/h4,8,10H,5H2,1-3H3/b9-4-/t8-,10-/m1/s1/i1D3,5D2. The van der Waals surface area contributed by atoms with Crippen molar-refractivity contribution in [3.05, 3.63) is 45.5 Å². The third kappa shape index (κ3) is 3.93. The molecule has 0 N–H and O–H groups in total. The smallest absolute Gasteiger partial charge is 0.426 e. The second-order valence-electron chi connectivity index (χ2n) is 6.37. The van der Waals surface area contributed by atoms with Gasteiger partial charge < -0.3 is 4.74 Å². The quantitative estimate of drug-likeness (QED) is 0.360. The number of alkyl halides is 3. The number of carbonyl (C=O) groups is 1. The van der Waals surface area contributed by atoms with E-state index in [2.05, 4.69) is 4.74 Å². The number of hydrogen-bond acceptors (Lipinski definition) is 2. The molecule has 0 aromatic heterocycles. The summed E-state index contributed by atoms with van der Waals surface area (Å²) in [6, 6.07) is 0. The fraction of sp³-hybridized carbons (Fsp3) is 0.471. The van der Waals surface area contributed by atoms with Gasteiger partial charge in [0, 0.05) is 9.68 Å². The summed E-state index contributed by atoms with van der Waals surface area (Å²) in [5.41, 5.74) is -5.24. The third-order valence-corrected chi connectivity index (χ3v) is 4.62. The predicted octanol–water partition coefficient (Wildman–Crippen LogP) is 5.55. The molecule has 0 bridgehead atoms. The lowest BCUT2D eigenvalue weighted by atomic mass is 10.1. The Labute approximate surface area is 162 Å². The van der Waals surface area contributed by atoms with Crippen LogP contribution in [0.15, 0.2) is 11.1 Å². The van der Waals surface area contributed by atoms with Gasteiger partial charge in [-0.1, -0.05) is 31.5 Å². The lowest BCUT2D eigenvalue weighted by Gasteiger charge is -2.10. The Balaban J connectivity index is 2.42. The summed E-state index contributed by atoms with van der Waals surface area (Å²) in [5.74, 6) is -13.9. The van der Waals surface area contributed by atoms with E-state index in [9.17, 15) is 35.5 Å². The highest BCUT2D eigenvalue weighted by Crippen LogP contribution is 2.60. The minimum absolute atomic E-state index is 0.495. The number of carbonyl (C=O) groups excluding carboxylic acids is 1. The molecule has 1 aliphatic rings. The molecule has 1 aliphatic carbocycles. The average molecular weight is 424 g/mol. The monoisotopic (exact) mass is 423 g/mol. The number of halogens is 8. The molecule has 10 heteroatoms. The highest BCUT2D eigenvalue weighted by molar-refractivity contribution is 6.30. The maximum Gasteiger partial charge on any atom is 0.426 e. The Kier molecular flexibility index (Phi) is 3.94. The molecule has 0 spiro atoms. The second-order valence-corrected chi connectivity index (χ2v) is 6.77. The van der Waals surface area contributed by atoms with Gasteiger partial charge in [0.2, 0.25) is 0 Å². The molecule has 1 saturated carbocycles. The van der Waals surface area contributed by atoms with Gasteiger partial charge in [0.25, 0.3) is 0 Å². The summed E-state index contributed by atoms with van der Waals surface area (Å²) in [7, 11) is 0. The normalized spacial score (nSPS) is 25.7. The van der Waals surface area contributed by atoms with Gasteiger partial charge in [-0.15, -0.1) is 0 Å². The SMILES string of the molecule is [2H]C([2H])([2H])c1c(F)c(F)c(C([2H])([2H])OC(=O)[C@H]2[C@@H](/C=C(\Cl)C(F)(F)F)C2(C)C)c(F)c1F. The van der Waals surface area contributed by atoms with Crippen molar-refractivity contribution in [1.29, 1.82) is 0 Å². The first-order chi connectivity index (χ1) is 14.2. The first-order valence-electron chi connectivity index (χ1n) is 9.70. The molecule has 1 aromatic carbocycles. The topological polar surface area (TPSA) is 26.3 Å². The number of ether oxygens (including phenoxy) is 1. The molecular formula is C17H14ClF7O2. The van der Waals surface area contributed by atoms with Crippen LogP contribution in [0.2, 0.25) is 0 Å². The van der Waals surface area contributed by atoms with Crippen LogP contribution in [0.5, 0.6) is 0 Å². The molecule has 2 nitrogen and oxygen atoms in total. The minimum atomic E-state index is -4.92. The van der Waals surface area contributed by atoms with Crippen molar-refractivity contribution in [3.8, 4) is 0 Å². The van der Waals surface area contributed by atoms with Crippen molar-refractivity contribution in [1.82, 2.24) is 0 Å². The third-order valence-electron chi connectivity index (χ3n) is 4.28. The van der Waals surface area contributed by atoms with Crippen molar-refractivity contribution in [2.45, 2.75) is 33.4 Å². The van der Waals surface area contributed by atoms with Crippen LogP contribution in [0.4, 0.5) is 30.7 Å². The second kappa shape index (κ2) is 7.00. The van der Waals surface area contributed by atoms with E-state index in [0.717, 1.165) is 0 Å². The number of rotatable bonds is 4. The maximum atomic E-state index is 14.3. The molecule has 1 fully saturated rings. The van der Waals surface area contributed by atoms with E-state index in [0.29, 0.717) is 6.08 Å². The molecule has 0 unspecified atom stereocenters. The first kappa shape index (κ1) is 15.2. The van der Waals surface area contributed by atoms with E-state index in [-0.39, 0.29) is 0 Å². The highest BCUT2D eigenvalue weighted by atomic mass is 35.5. The van der Waals surface area contributed by atoms with Crippen molar-refractivity contribution in [2.24, 2.45) is 17.3 Å². The lowest BCUT2D eigenvalue weighted by Crippen LogP contribution is -2.14. The summed E-state index contributed by atoms with van der Waals surface area (Å²) in [6.45, 7) is -4.86. The first-order valence-corrected chi connectivity index (χ1v) is 7.57. The van der Waals surface area contributed by atoms with Crippen molar-refractivity contribution >= 4 is 17.6 Å². The Bertz CT molecular complexity index is 960. The summed E-state index contributed by atoms with van der Waals surface area (Å²) >= 11 is 5.13. The van der Waals surface area contributed by atoms with Gasteiger partial charge in [0.15, 0.2) is 23.3 Å². The van der Waals surface area contributed by atoms with Crippen LogP contribution in [0.1, 0.15) is 31.8 Å². The van der Waals surface area contributed by atoms with Crippen LogP contribution in [-0.2, 0) is 16.1 Å². The summed E-state index contributed by atoms with van der Waals surface area (Å²) in [5, 5.41) is -1.56. The van der Waals surface area contributed by atoms with Crippen molar-refractivity contribution < 1.29 is 47.1 Å². The number of hydrogen-bond donors (Lipinski definition) is 0. The number of allylic oxidation sites excluding steroid dienone is 2. The van der Waals surface area contributed by atoms with E-state index in [4.69, 9.17) is 18.5 Å². The summed E-state index contributed by atoms with van der Waals surface area (Å²) in [4.78, 5) is 12.3. The molecule has 1 aromatic rings. The van der Waals surface area contributed by atoms with E-state index in [1.807, 2.05) is 0 Å². The Morgan fingerprint density at radius 2 is 1.74 bits per heavy atom. The zero-order valence-corrected chi connectivity index (χ0v) is 14.3. The minimum Gasteiger partial charge on any atom is -0.460 e. The van der Waals surface area contributed by atoms with Crippen LogP contribution in [0.3, 0.4) is 0 Å². The summed E-state index contributed by atoms with van der Waals surface area (Å²) < 4.78 is 135. The fourth-order valence-electron chi connectivity index (χ4n) is 2.58. The fourth-order valence-corrected chi connectivity index (χ4v) is 2.71. The van der Waals surface area contributed by atoms with Gasteiger partial charge in [0.05, 0.1) is 14.2 Å². The van der Waals surface area contributed by atoms with Crippen molar-refractivity contribution in [2.75, 3.05) is 0 Å². The van der Waals surface area contributed by atoms with E-state index < -0.39 is 82.2 Å². The largest absolute Gasteiger partial charge is 0.460 e. The Hall–Kier alpha value is -1.77. The maximum absolute atomic E-state index is 14.3.